The Balaban J connectivity index is 1.57. The first-order valence-corrected chi connectivity index (χ1v) is 16.7. The molecule has 0 spiro atoms. The average molecular weight is 629 g/mol. The second-order valence-electron chi connectivity index (χ2n) is 10.7. The zero-order chi connectivity index (χ0) is 32.1. The molecule has 8 heteroatoms. The Morgan fingerprint density at radius 3 is 2.15 bits per heavy atom. The molecule has 0 fully saturated rings. The van der Waals surface area contributed by atoms with Gasteiger partial charge in [-0.15, -0.1) is 0 Å². The van der Waals surface area contributed by atoms with Crippen LogP contribution in [0.25, 0.3) is 27.8 Å². The van der Waals surface area contributed by atoms with Gasteiger partial charge in [-0.2, -0.15) is 4.31 Å². The largest absolute Gasteiger partial charge is 0.495 e. The molecule has 0 saturated carbocycles. The van der Waals surface area contributed by atoms with Gasteiger partial charge in [0.1, 0.15) is 5.75 Å². The molecule has 0 radical (unpaired) electrons. The summed E-state index contributed by atoms with van der Waals surface area (Å²) in [5.41, 5.74) is 6.89. The van der Waals surface area contributed by atoms with E-state index >= 15 is 0 Å². The molecule has 0 amide bonds. The highest BCUT2D eigenvalue weighted by atomic mass is 32.2. The minimum Gasteiger partial charge on any atom is -0.495 e. The minimum atomic E-state index is -3.72. The van der Waals surface area contributed by atoms with Crippen LogP contribution in [0.2, 0.25) is 0 Å². The minimum absolute atomic E-state index is 0.184. The zero-order valence-electron chi connectivity index (χ0n) is 26.1. The summed E-state index contributed by atoms with van der Waals surface area (Å²) in [5, 5.41) is 4.45. The number of anilines is 2. The normalized spacial score (nSPS) is 11.8. The van der Waals surface area contributed by atoms with Gasteiger partial charge in [-0.3, -0.25) is 4.99 Å². The molecule has 46 heavy (non-hydrogen) atoms. The monoisotopic (exact) mass is 628 g/mol. The second kappa shape index (κ2) is 13.4. The molecule has 0 aliphatic heterocycles. The van der Waals surface area contributed by atoms with Crippen molar-refractivity contribution in [3.8, 4) is 22.7 Å². The fraction of sp³-hybridized carbons (Fsp3) is 0.132. The number of ether oxygens (including phenoxy) is 1. The molecule has 7 nitrogen and oxygen atoms in total. The van der Waals surface area contributed by atoms with Gasteiger partial charge in [0, 0.05) is 35.9 Å². The number of benzene rings is 5. The molecule has 5 aromatic carbocycles. The van der Waals surface area contributed by atoms with Gasteiger partial charge in [0.05, 0.1) is 40.3 Å². The standard InChI is InChI=1S/C38H36N4O3S/c1-4-41(5-2)46(43,44)30-24-25-33(40-34-21-13-15-23-37(34)45-3)35(26-30)39-27-32-31-20-12-14-22-36(31)42(29-18-10-7-11-19-29)38(32)28-16-8-6-9-17-28/h6-27,40H,4-5H2,1-3H3. The number of nitrogens with one attached hydrogen (secondary N) is 1. The zero-order valence-corrected chi connectivity index (χ0v) is 26.9. The first kappa shape index (κ1) is 30.8. The highest BCUT2D eigenvalue weighted by Gasteiger charge is 2.23. The first-order valence-electron chi connectivity index (χ1n) is 15.3. The van der Waals surface area contributed by atoms with E-state index in [0.717, 1.165) is 39.1 Å². The van der Waals surface area contributed by atoms with Crippen LogP contribution in [0, 0.1) is 0 Å². The first-order chi connectivity index (χ1) is 22.5. The number of sulfonamides is 1. The highest BCUT2D eigenvalue weighted by molar-refractivity contribution is 7.89. The summed E-state index contributed by atoms with van der Waals surface area (Å²) in [6, 6.07) is 41.4. The fourth-order valence-corrected chi connectivity index (χ4v) is 7.22. The van der Waals surface area contributed by atoms with E-state index in [1.54, 1.807) is 25.3 Å². The van der Waals surface area contributed by atoms with Gasteiger partial charge in [-0.05, 0) is 54.1 Å². The van der Waals surface area contributed by atoms with Crippen LogP contribution in [0.1, 0.15) is 19.4 Å². The van der Waals surface area contributed by atoms with E-state index in [2.05, 4.69) is 46.3 Å². The maximum absolute atomic E-state index is 13.6. The number of hydrogen-bond donors (Lipinski definition) is 1. The van der Waals surface area contributed by atoms with Crippen molar-refractivity contribution in [1.82, 2.24) is 8.87 Å². The maximum Gasteiger partial charge on any atom is 0.243 e. The van der Waals surface area contributed by atoms with E-state index in [9.17, 15) is 8.42 Å². The SMILES string of the molecule is CCN(CC)S(=O)(=O)c1ccc(Nc2ccccc2OC)c(N=Cc2c(-c3ccccc3)n(-c3ccccc3)c3ccccc23)c1. The van der Waals surface area contributed by atoms with Crippen molar-refractivity contribution in [2.45, 2.75) is 18.7 Å². The molecule has 232 valence electrons. The van der Waals surface area contributed by atoms with Crippen molar-refractivity contribution in [1.29, 1.82) is 0 Å². The molecule has 0 bridgehead atoms. The van der Waals surface area contributed by atoms with E-state index in [1.165, 1.54) is 4.31 Å². The third-order valence-corrected chi connectivity index (χ3v) is 10.0. The quantitative estimate of drug-likeness (QED) is 0.146. The predicted octanol–water partition coefficient (Wildman–Crippen LogP) is 8.83. The second-order valence-corrected chi connectivity index (χ2v) is 12.6. The Kier molecular flexibility index (Phi) is 9.01. The van der Waals surface area contributed by atoms with Gasteiger partial charge in [0.25, 0.3) is 0 Å². The van der Waals surface area contributed by atoms with Crippen LogP contribution in [0.3, 0.4) is 0 Å². The summed E-state index contributed by atoms with van der Waals surface area (Å²) in [7, 11) is -2.11. The van der Waals surface area contributed by atoms with Gasteiger partial charge in [-0.1, -0.05) is 92.7 Å². The van der Waals surface area contributed by atoms with Gasteiger partial charge < -0.3 is 14.6 Å². The van der Waals surface area contributed by atoms with E-state index in [4.69, 9.17) is 9.73 Å². The maximum atomic E-state index is 13.6. The lowest BCUT2D eigenvalue weighted by atomic mass is 10.1. The lowest BCUT2D eigenvalue weighted by molar-refractivity contribution is 0.417. The van der Waals surface area contributed by atoms with Crippen molar-refractivity contribution in [2.24, 2.45) is 4.99 Å². The molecule has 0 atom stereocenters. The Labute approximate surface area is 270 Å². The van der Waals surface area contributed by atoms with Crippen molar-refractivity contribution in [3.05, 3.63) is 133 Å². The number of hydrogen-bond acceptors (Lipinski definition) is 5. The van der Waals surface area contributed by atoms with E-state index in [1.807, 2.05) is 92.9 Å². The molecular weight excluding hydrogens is 593 g/mol. The van der Waals surface area contributed by atoms with E-state index < -0.39 is 10.0 Å². The van der Waals surface area contributed by atoms with Crippen LogP contribution in [-0.2, 0) is 10.0 Å². The van der Waals surface area contributed by atoms with E-state index in [-0.39, 0.29) is 4.90 Å². The summed E-state index contributed by atoms with van der Waals surface area (Å²) >= 11 is 0. The van der Waals surface area contributed by atoms with Gasteiger partial charge in [0.15, 0.2) is 0 Å². The highest BCUT2D eigenvalue weighted by Crippen LogP contribution is 2.38. The van der Waals surface area contributed by atoms with Gasteiger partial charge >= 0.3 is 0 Å². The summed E-state index contributed by atoms with van der Waals surface area (Å²) in [4.78, 5) is 5.22. The molecule has 1 heterocycles. The smallest absolute Gasteiger partial charge is 0.243 e. The molecule has 6 rings (SSSR count). The van der Waals surface area contributed by atoms with Crippen molar-refractivity contribution in [2.75, 3.05) is 25.5 Å². The molecule has 0 aliphatic carbocycles. The molecule has 0 saturated heterocycles. The summed E-state index contributed by atoms with van der Waals surface area (Å²) < 4.78 is 36.5. The number of nitrogens with zero attached hydrogens (tertiary/aromatic N) is 3. The van der Waals surface area contributed by atoms with Crippen LogP contribution in [-0.4, -0.2) is 43.7 Å². The van der Waals surface area contributed by atoms with Crippen LogP contribution in [0.5, 0.6) is 5.75 Å². The fourth-order valence-electron chi connectivity index (χ4n) is 5.75. The van der Waals surface area contributed by atoms with Crippen LogP contribution >= 0.6 is 0 Å². The number of methoxy groups -OCH3 is 1. The lowest BCUT2D eigenvalue weighted by Gasteiger charge is -2.19. The van der Waals surface area contributed by atoms with Crippen LogP contribution < -0.4 is 10.1 Å². The Bertz CT molecular complexity index is 2100. The van der Waals surface area contributed by atoms with Crippen molar-refractivity contribution >= 4 is 44.2 Å². The summed E-state index contributed by atoms with van der Waals surface area (Å²) in [5.74, 6) is 0.662. The van der Waals surface area contributed by atoms with Crippen molar-refractivity contribution in [3.63, 3.8) is 0 Å². The summed E-state index contributed by atoms with van der Waals surface area (Å²) in [6.45, 7) is 4.42. The summed E-state index contributed by atoms with van der Waals surface area (Å²) in [6.07, 6.45) is 1.85. The van der Waals surface area contributed by atoms with E-state index in [0.29, 0.717) is 30.2 Å². The Hall–Kier alpha value is -5.18. The van der Waals surface area contributed by atoms with Crippen LogP contribution in [0.4, 0.5) is 17.1 Å². The van der Waals surface area contributed by atoms with Crippen molar-refractivity contribution < 1.29 is 13.2 Å². The topological polar surface area (TPSA) is 75.9 Å². The number of aliphatic imine (C=N–C) groups is 1. The molecule has 6 aromatic rings. The van der Waals surface area contributed by atoms with Gasteiger partial charge in [0.2, 0.25) is 10.0 Å². The third kappa shape index (κ3) is 5.92. The predicted molar refractivity (Wildman–Crippen MR) is 189 cm³/mol. The molecular formula is C38H36N4O3S. The molecule has 1 aromatic heterocycles. The number of fused-ring (bicyclic) bond motifs is 1. The number of aromatic nitrogens is 1. The molecule has 0 aliphatic rings. The number of rotatable bonds is 11. The van der Waals surface area contributed by atoms with Gasteiger partial charge in [-0.25, -0.2) is 8.42 Å². The lowest BCUT2D eigenvalue weighted by Crippen LogP contribution is -2.30. The van der Waals surface area contributed by atoms with Crippen LogP contribution in [0.15, 0.2) is 137 Å². The Morgan fingerprint density at radius 2 is 1.43 bits per heavy atom. The molecule has 0 unspecified atom stereocenters. The number of para-hydroxylation sites is 4. The Morgan fingerprint density at radius 1 is 0.783 bits per heavy atom. The molecule has 1 N–H and O–H groups in total. The third-order valence-electron chi connectivity index (χ3n) is 8.00. The average Bonchev–Trinajstić information content (AvgIpc) is 3.43.